The van der Waals surface area contributed by atoms with Crippen molar-refractivity contribution in [3.05, 3.63) is 53.9 Å². The first-order valence-corrected chi connectivity index (χ1v) is 9.34. The summed E-state index contributed by atoms with van der Waals surface area (Å²) >= 11 is 0. The maximum absolute atomic E-state index is 12.7. The highest BCUT2D eigenvalue weighted by Gasteiger charge is 2.40. The molecule has 0 spiro atoms. The second-order valence-electron chi connectivity index (χ2n) is 6.90. The lowest BCUT2D eigenvalue weighted by atomic mass is 9.74. The fourth-order valence-electron chi connectivity index (χ4n) is 3.23. The molecule has 0 saturated heterocycles. The molecule has 1 fully saturated rings. The largest absolute Gasteiger partial charge is 0.490 e. The number of ether oxygens (including phenoxy) is 2. The lowest BCUT2D eigenvalue weighted by Crippen LogP contribution is -2.54. The third-order valence-electron chi connectivity index (χ3n) is 4.80. The zero-order chi connectivity index (χ0) is 20.0. The van der Waals surface area contributed by atoms with Gasteiger partial charge in [-0.25, -0.2) is 0 Å². The van der Waals surface area contributed by atoms with Gasteiger partial charge in [0.15, 0.2) is 11.5 Å². The van der Waals surface area contributed by atoms with Gasteiger partial charge in [-0.3, -0.25) is 14.6 Å². The van der Waals surface area contributed by atoms with Crippen LogP contribution in [0, 0.1) is 0 Å². The second kappa shape index (κ2) is 8.73. The molecule has 0 bridgehead atoms. The van der Waals surface area contributed by atoms with Gasteiger partial charge in [-0.1, -0.05) is 6.07 Å². The van der Waals surface area contributed by atoms with Crippen molar-refractivity contribution in [1.29, 1.82) is 0 Å². The number of hydrogen-bond acceptors (Lipinski definition) is 5. The molecule has 1 aromatic carbocycles. The van der Waals surface area contributed by atoms with Crippen LogP contribution < -0.4 is 14.8 Å². The predicted molar refractivity (Wildman–Crippen MR) is 102 cm³/mol. The molecule has 3 rings (SSSR count). The first-order chi connectivity index (χ1) is 13.5. The number of carboxylic acid groups (broad SMARTS) is 1. The lowest BCUT2D eigenvalue weighted by Gasteiger charge is -2.41. The van der Waals surface area contributed by atoms with Crippen molar-refractivity contribution < 1.29 is 24.2 Å². The topological polar surface area (TPSA) is 97.8 Å². The highest BCUT2D eigenvalue weighted by atomic mass is 16.5. The van der Waals surface area contributed by atoms with Gasteiger partial charge in [-0.15, -0.1) is 0 Å². The Labute approximate surface area is 163 Å². The van der Waals surface area contributed by atoms with Crippen LogP contribution in [0.3, 0.4) is 0 Å². The van der Waals surface area contributed by atoms with Gasteiger partial charge in [0, 0.05) is 23.5 Å². The first-order valence-electron chi connectivity index (χ1n) is 9.34. The van der Waals surface area contributed by atoms with Crippen LogP contribution in [0.1, 0.15) is 48.5 Å². The summed E-state index contributed by atoms with van der Waals surface area (Å²) in [4.78, 5) is 27.8. The Kier molecular flexibility index (Phi) is 6.13. The van der Waals surface area contributed by atoms with E-state index in [1.807, 2.05) is 19.1 Å². The zero-order valence-electron chi connectivity index (χ0n) is 15.8. The summed E-state index contributed by atoms with van der Waals surface area (Å²) in [5, 5.41) is 12.0. The molecule has 0 radical (unpaired) electrons. The maximum Gasteiger partial charge on any atom is 0.305 e. The molecule has 0 unspecified atom stereocenters. The van der Waals surface area contributed by atoms with Gasteiger partial charge in [-0.2, -0.15) is 0 Å². The Bertz CT molecular complexity index is 834. The summed E-state index contributed by atoms with van der Waals surface area (Å²) < 4.78 is 11.5. The molecule has 1 aliphatic rings. The summed E-state index contributed by atoms with van der Waals surface area (Å²) in [6.07, 6.45) is 5.62. The van der Waals surface area contributed by atoms with Crippen LogP contribution in [0.4, 0.5) is 0 Å². The van der Waals surface area contributed by atoms with Gasteiger partial charge in [-0.05, 0) is 50.5 Å². The molecular formula is C21H24N2O5. The fraction of sp³-hybridized carbons (Fsp3) is 0.381. The summed E-state index contributed by atoms with van der Waals surface area (Å²) in [6.45, 7) is 2.62. The highest BCUT2D eigenvalue weighted by molar-refractivity contribution is 5.95. The average Bonchev–Trinajstić information content (AvgIpc) is 2.66. The molecule has 7 nitrogen and oxygen atoms in total. The smallest absolute Gasteiger partial charge is 0.305 e. The zero-order valence-corrected chi connectivity index (χ0v) is 15.8. The maximum atomic E-state index is 12.7. The van der Waals surface area contributed by atoms with Gasteiger partial charge in [0.1, 0.15) is 6.61 Å². The number of nitrogens with zero attached hydrogens (tertiary/aromatic N) is 1. The number of pyridine rings is 1. The van der Waals surface area contributed by atoms with Gasteiger partial charge >= 0.3 is 5.97 Å². The second-order valence-corrected chi connectivity index (χ2v) is 6.90. The van der Waals surface area contributed by atoms with E-state index in [0.29, 0.717) is 43.1 Å². The van der Waals surface area contributed by atoms with Crippen molar-refractivity contribution in [2.24, 2.45) is 0 Å². The molecule has 1 aliphatic carbocycles. The van der Waals surface area contributed by atoms with Gasteiger partial charge in [0.05, 0.1) is 18.6 Å². The molecule has 148 valence electrons. The van der Waals surface area contributed by atoms with Crippen LogP contribution in [0.5, 0.6) is 11.5 Å². The Balaban J connectivity index is 1.72. The minimum absolute atomic E-state index is 0.0661. The first kappa shape index (κ1) is 19.7. The quantitative estimate of drug-likeness (QED) is 0.689. The number of aliphatic carboxylic acids is 1. The SMILES string of the molecule is CCOc1cc(C(=O)NC2(CC(=O)O)CCC2)ccc1OCc1cccnc1. The molecule has 2 N–H and O–H groups in total. The van der Waals surface area contributed by atoms with E-state index in [2.05, 4.69) is 10.3 Å². The number of carbonyl (C=O) groups excluding carboxylic acids is 1. The molecule has 2 aromatic rings. The van der Waals surface area contributed by atoms with Gasteiger partial charge < -0.3 is 19.9 Å². The van der Waals surface area contributed by atoms with Crippen molar-refractivity contribution in [2.75, 3.05) is 6.61 Å². The minimum atomic E-state index is -0.908. The Morgan fingerprint density at radius 3 is 2.64 bits per heavy atom. The Morgan fingerprint density at radius 2 is 2.04 bits per heavy atom. The number of amides is 1. The minimum Gasteiger partial charge on any atom is -0.490 e. The van der Waals surface area contributed by atoms with Crippen LogP contribution in [-0.2, 0) is 11.4 Å². The number of benzene rings is 1. The molecule has 1 heterocycles. The number of rotatable bonds is 9. The number of nitrogens with one attached hydrogen (secondary N) is 1. The van der Waals surface area contributed by atoms with Gasteiger partial charge in [0.25, 0.3) is 5.91 Å². The number of carboxylic acids is 1. The summed E-state index contributed by atoms with van der Waals surface area (Å²) in [7, 11) is 0. The molecule has 1 amide bonds. The van der Waals surface area contributed by atoms with Crippen molar-refractivity contribution in [2.45, 2.75) is 44.8 Å². The molecule has 1 saturated carbocycles. The van der Waals surface area contributed by atoms with Crippen molar-refractivity contribution in [3.8, 4) is 11.5 Å². The standard InChI is InChI=1S/C21H24N2O5/c1-2-27-18-11-16(20(26)23-21(8-4-9-21)12-19(24)25)6-7-17(18)28-14-15-5-3-10-22-13-15/h3,5-7,10-11,13H,2,4,8-9,12,14H2,1H3,(H,23,26)(H,24,25). The van der Waals surface area contributed by atoms with E-state index in [1.165, 1.54) is 0 Å². The Hall–Kier alpha value is -3.09. The number of carbonyl (C=O) groups is 2. The molecule has 28 heavy (non-hydrogen) atoms. The van der Waals surface area contributed by atoms with E-state index in [0.717, 1.165) is 12.0 Å². The normalized spacial score (nSPS) is 14.6. The molecule has 0 atom stereocenters. The van der Waals surface area contributed by atoms with E-state index in [1.54, 1.807) is 30.6 Å². The van der Waals surface area contributed by atoms with Crippen molar-refractivity contribution in [1.82, 2.24) is 10.3 Å². The molecule has 1 aromatic heterocycles. The van der Waals surface area contributed by atoms with Crippen LogP contribution in [0.15, 0.2) is 42.7 Å². The lowest BCUT2D eigenvalue weighted by molar-refractivity contribution is -0.139. The van der Waals surface area contributed by atoms with Crippen LogP contribution >= 0.6 is 0 Å². The third-order valence-corrected chi connectivity index (χ3v) is 4.80. The van der Waals surface area contributed by atoms with Crippen LogP contribution in [0.2, 0.25) is 0 Å². The number of hydrogen-bond donors (Lipinski definition) is 2. The van der Waals surface area contributed by atoms with E-state index >= 15 is 0 Å². The summed E-state index contributed by atoms with van der Waals surface area (Å²) in [5.74, 6) is -0.207. The molecule has 7 heteroatoms. The van der Waals surface area contributed by atoms with E-state index in [9.17, 15) is 9.59 Å². The molecule has 0 aliphatic heterocycles. The monoisotopic (exact) mass is 384 g/mol. The number of aromatic nitrogens is 1. The fourth-order valence-corrected chi connectivity index (χ4v) is 3.23. The van der Waals surface area contributed by atoms with Crippen molar-refractivity contribution >= 4 is 11.9 Å². The highest BCUT2D eigenvalue weighted by Crippen LogP contribution is 2.36. The summed E-state index contributed by atoms with van der Waals surface area (Å²) in [6, 6.07) is 8.73. The Morgan fingerprint density at radius 1 is 1.21 bits per heavy atom. The average molecular weight is 384 g/mol. The van der Waals surface area contributed by atoms with Gasteiger partial charge in [0.2, 0.25) is 0 Å². The van der Waals surface area contributed by atoms with Crippen molar-refractivity contribution in [3.63, 3.8) is 0 Å². The van der Waals surface area contributed by atoms with E-state index in [-0.39, 0.29) is 12.3 Å². The van der Waals surface area contributed by atoms with E-state index in [4.69, 9.17) is 14.6 Å². The summed E-state index contributed by atoms with van der Waals surface area (Å²) in [5.41, 5.74) is 0.686. The van der Waals surface area contributed by atoms with Crippen LogP contribution in [-0.4, -0.2) is 34.1 Å². The predicted octanol–water partition coefficient (Wildman–Crippen LogP) is 3.19. The van der Waals surface area contributed by atoms with Crippen LogP contribution in [0.25, 0.3) is 0 Å². The van der Waals surface area contributed by atoms with E-state index < -0.39 is 11.5 Å². The third kappa shape index (κ3) is 4.79. The molecular weight excluding hydrogens is 360 g/mol.